The van der Waals surface area contributed by atoms with E-state index in [2.05, 4.69) is 33.9 Å². The zero-order valence-corrected chi connectivity index (χ0v) is 22.6. The number of aromatic nitrogens is 3. The third-order valence-electron chi connectivity index (χ3n) is 5.47. The van der Waals surface area contributed by atoms with E-state index in [0.29, 0.717) is 22.3 Å². The molecule has 7 nitrogen and oxygen atoms in total. The molecule has 3 heterocycles. The topological polar surface area (TPSA) is 86.1 Å². The minimum atomic E-state index is -0.480. The number of aryl methyl sites for hydroxylation is 3. The summed E-state index contributed by atoms with van der Waals surface area (Å²) in [4.78, 5) is 26.7. The van der Waals surface area contributed by atoms with Crippen LogP contribution in [0.15, 0.2) is 40.2 Å². The first-order valence-electron chi connectivity index (χ1n) is 11.0. The van der Waals surface area contributed by atoms with Gasteiger partial charge in [0.1, 0.15) is 10.6 Å². The molecule has 35 heavy (non-hydrogen) atoms. The molecule has 0 unspecified atom stereocenters. The lowest BCUT2D eigenvalue weighted by Gasteiger charge is -2.10. The predicted molar refractivity (Wildman–Crippen MR) is 144 cm³/mol. The van der Waals surface area contributed by atoms with Crippen molar-refractivity contribution in [3.63, 3.8) is 0 Å². The number of anilines is 1. The Morgan fingerprint density at radius 3 is 2.57 bits per heavy atom. The van der Waals surface area contributed by atoms with E-state index in [1.807, 2.05) is 48.9 Å². The second-order valence-electron chi connectivity index (χ2n) is 8.00. The van der Waals surface area contributed by atoms with E-state index in [9.17, 15) is 9.59 Å². The molecule has 182 valence electrons. The van der Waals surface area contributed by atoms with Crippen LogP contribution in [0.4, 0.5) is 5.00 Å². The van der Waals surface area contributed by atoms with E-state index in [0.717, 1.165) is 33.6 Å². The van der Waals surface area contributed by atoms with Gasteiger partial charge in [0.15, 0.2) is 11.0 Å². The van der Waals surface area contributed by atoms with Gasteiger partial charge in [-0.3, -0.25) is 4.79 Å². The molecular formula is C25H26N4O3S3. The van der Waals surface area contributed by atoms with Crippen LogP contribution < -0.4 is 5.32 Å². The minimum absolute atomic E-state index is 0.137. The number of thioether (sulfide) groups is 1. The van der Waals surface area contributed by atoms with Crippen LogP contribution in [0.5, 0.6) is 0 Å². The summed E-state index contributed by atoms with van der Waals surface area (Å²) in [6, 6.07) is 8.17. The summed E-state index contributed by atoms with van der Waals surface area (Å²) >= 11 is 4.30. The Morgan fingerprint density at radius 1 is 1.09 bits per heavy atom. The summed E-state index contributed by atoms with van der Waals surface area (Å²) in [7, 11) is 1.35. The Hall–Kier alpha value is -2.95. The maximum Gasteiger partial charge on any atom is 0.341 e. The lowest BCUT2D eigenvalue weighted by atomic mass is 9.97. The molecule has 0 saturated heterocycles. The van der Waals surface area contributed by atoms with Crippen molar-refractivity contribution < 1.29 is 14.3 Å². The SMILES string of the molecule is CCn1c(SCC(=O)Nc2scc(-c3cc(C)ccc3C)c2C(=O)OC)nnc1-c1csc(C)c1. The van der Waals surface area contributed by atoms with E-state index in [1.54, 1.807) is 11.3 Å². The smallest absolute Gasteiger partial charge is 0.341 e. The molecule has 0 saturated carbocycles. The zero-order valence-electron chi connectivity index (χ0n) is 20.2. The zero-order chi connectivity index (χ0) is 25.1. The van der Waals surface area contributed by atoms with Gasteiger partial charge in [0.2, 0.25) is 5.91 Å². The van der Waals surface area contributed by atoms with Crippen molar-refractivity contribution in [3.8, 4) is 22.5 Å². The Kier molecular flexibility index (Phi) is 7.73. The fraction of sp³-hybridized carbons (Fsp3) is 0.280. The van der Waals surface area contributed by atoms with E-state index in [-0.39, 0.29) is 11.7 Å². The summed E-state index contributed by atoms with van der Waals surface area (Å²) in [5.74, 6) is 0.224. The fourth-order valence-electron chi connectivity index (χ4n) is 3.73. The molecule has 4 aromatic rings. The van der Waals surface area contributed by atoms with Crippen LogP contribution in [-0.4, -0.2) is 39.5 Å². The molecular weight excluding hydrogens is 501 g/mol. The molecule has 0 radical (unpaired) electrons. The van der Waals surface area contributed by atoms with E-state index in [4.69, 9.17) is 4.74 Å². The molecule has 1 aromatic carbocycles. The summed E-state index contributed by atoms with van der Waals surface area (Å²) < 4.78 is 7.05. The van der Waals surface area contributed by atoms with Gasteiger partial charge in [0, 0.05) is 33.3 Å². The Morgan fingerprint density at radius 2 is 1.89 bits per heavy atom. The molecule has 4 rings (SSSR count). The van der Waals surface area contributed by atoms with Gasteiger partial charge in [0.05, 0.1) is 12.9 Å². The van der Waals surface area contributed by atoms with Gasteiger partial charge in [-0.25, -0.2) is 4.79 Å². The second-order valence-corrected chi connectivity index (χ2v) is 10.9. The third kappa shape index (κ3) is 5.34. The number of nitrogens with one attached hydrogen (secondary N) is 1. The molecule has 0 fully saturated rings. The van der Waals surface area contributed by atoms with Gasteiger partial charge in [-0.15, -0.1) is 32.9 Å². The Labute approximate surface area is 216 Å². The summed E-state index contributed by atoms with van der Waals surface area (Å²) in [6.45, 7) is 8.78. The number of ether oxygens (including phenoxy) is 1. The number of hydrogen-bond acceptors (Lipinski definition) is 8. The van der Waals surface area contributed by atoms with E-state index >= 15 is 0 Å². The van der Waals surface area contributed by atoms with Gasteiger partial charge in [-0.1, -0.05) is 35.5 Å². The molecule has 0 spiro atoms. The first-order valence-corrected chi connectivity index (χ1v) is 13.8. The molecule has 1 N–H and O–H groups in total. The van der Waals surface area contributed by atoms with E-state index < -0.39 is 5.97 Å². The number of amides is 1. The van der Waals surface area contributed by atoms with Crippen molar-refractivity contribution in [3.05, 3.63) is 56.6 Å². The first-order chi connectivity index (χ1) is 16.8. The van der Waals surface area contributed by atoms with Crippen molar-refractivity contribution in [1.82, 2.24) is 14.8 Å². The number of benzene rings is 1. The monoisotopic (exact) mass is 526 g/mol. The van der Waals surface area contributed by atoms with Gasteiger partial charge >= 0.3 is 5.97 Å². The van der Waals surface area contributed by atoms with Crippen molar-refractivity contribution >= 4 is 51.3 Å². The second kappa shape index (κ2) is 10.8. The van der Waals surface area contributed by atoms with Gasteiger partial charge in [-0.2, -0.15) is 0 Å². The quantitative estimate of drug-likeness (QED) is 0.217. The Balaban J connectivity index is 1.53. The molecule has 0 aliphatic rings. The predicted octanol–water partition coefficient (Wildman–Crippen LogP) is 6.20. The van der Waals surface area contributed by atoms with Crippen LogP contribution in [0.1, 0.15) is 33.3 Å². The van der Waals surface area contributed by atoms with Crippen molar-refractivity contribution in [2.75, 3.05) is 18.2 Å². The molecule has 3 aromatic heterocycles. The maximum atomic E-state index is 12.9. The number of methoxy groups -OCH3 is 1. The van der Waals surface area contributed by atoms with Crippen molar-refractivity contribution in [1.29, 1.82) is 0 Å². The molecule has 10 heteroatoms. The molecule has 0 aliphatic carbocycles. The average Bonchev–Trinajstić information content (AvgIpc) is 3.56. The highest BCUT2D eigenvalue weighted by Crippen LogP contribution is 2.38. The summed E-state index contributed by atoms with van der Waals surface area (Å²) in [5, 5.41) is 16.6. The Bertz CT molecular complexity index is 1390. The number of nitrogens with zero attached hydrogens (tertiary/aromatic N) is 3. The number of rotatable bonds is 8. The minimum Gasteiger partial charge on any atom is -0.465 e. The van der Waals surface area contributed by atoms with Crippen LogP contribution in [0.3, 0.4) is 0 Å². The van der Waals surface area contributed by atoms with Crippen molar-refractivity contribution in [2.45, 2.75) is 39.4 Å². The largest absolute Gasteiger partial charge is 0.465 e. The van der Waals surface area contributed by atoms with Crippen LogP contribution in [0, 0.1) is 20.8 Å². The number of esters is 1. The summed E-state index contributed by atoms with van der Waals surface area (Å²) in [6.07, 6.45) is 0. The van der Waals surface area contributed by atoms with Crippen LogP contribution in [0.25, 0.3) is 22.5 Å². The van der Waals surface area contributed by atoms with Crippen molar-refractivity contribution in [2.24, 2.45) is 0 Å². The fourth-order valence-corrected chi connectivity index (χ4v) is 6.17. The van der Waals surface area contributed by atoms with Gasteiger partial charge < -0.3 is 14.6 Å². The third-order valence-corrected chi connectivity index (χ3v) is 8.19. The number of hydrogen-bond donors (Lipinski definition) is 1. The number of carbonyl (C=O) groups excluding carboxylic acids is 2. The molecule has 0 bridgehead atoms. The highest BCUT2D eigenvalue weighted by atomic mass is 32.2. The lowest BCUT2D eigenvalue weighted by molar-refractivity contribution is -0.113. The molecule has 1 amide bonds. The highest BCUT2D eigenvalue weighted by molar-refractivity contribution is 7.99. The normalized spacial score (nSPS) is 11.0. The standard InChI is InChI=1S/C25H26N4O3S3/c1-6-29-22(17-10-16(4)33-11-17)27-28-25(29)35-13-20(30)26-23-21(24(31)32-5)19(12-34-23)18-9-14(2)7-8-15(18)3/h7-12H,6,13H2,1-5H3,(H,26,30). The first kappa shape index (κ1) is 25.2. The van der Waals surface area contributed by atoms with Gasteiger partial charge in [0.25, 0.3) is 0 Å². The van der Waals surface area contributed by atoms with Crippen LogP contribution in [-0.2, 0) is 16.1 Å². The van der Waals surface area contributed by atoms with E-state index in [1.165, 1.54) is 35.1 Å². The number of carbonyl (C=O) groups is 2. The van der Waals surface area contributed by atoms with Gasteiger partial charge in [-0.05, 0) is 44.9 Å². The molecule has 0 aliphatic heterocycles. The average molecular weight is 527 g/mol. The van der Waals surface area contributed by atoms with Crippen LogP contribution in [0.2, 0.25) is 0 Å². The molecule has 0 atom stereocenters. The van der Waals surface area contributed by atoms with Crippen LogP contribution >= 0.6 is 34.4 Å². The number of thiophene rings is 2. The maximum absolute atomic E-state index is 12.9. The summed E-state index contributed by atoms with van der Waals surface area (Å²) in [5.41, 5.74) is 5.24. The highest BCUT2D eigenvalue weighted by Gasteiger charge is 2.24. The lowest BCUT2D eigenvalue weighted by Crippen LogP contribution is -2.16.